The monoisotopic (exact) mass is 197 g/mol. The van der Waals surface area contributed by atoms with Crippen LogP contribution in [0.25, 0.3) is 10.9 Å². The van der Waals surface area contributed by atoms with Crippen molar-refractivity contribution < 1.29 is 0 Å². The first-order valence-corrected chi connectivity index (χ1v) is 3.96. The number of aromatic nitrogens is 2. The van der Waals surface area contributed by atoms with Gasteiger partial charge in [-0.2, -0.15) is 5.10 Å². The molecular weight excluding hydrogens is 186 g/mol. The third-order valence-electron chi connectivity index (χ3n) is 1.99. The second kappa shape index (κ2) is 3.77. The van der Waals surface area contributed by atoms with Gasteiger partial charge in [-0.25, -0.2) is 0 Å². The molecule has 1 atom stereocenters. The summed E-state index contributed by atoms with van der Waals surface area (Å²) in [7, 11) is 0. The van der Waals surface area contributed by atoms with Crippen LogP contribution < -0.4 is 5.73 Å². The van der Waals surface area contributed by atoms with Gasteiger partial charge in [0.25, 0.3) is 0 Å². The first-order chi connectivity index (χ1) is 5.77. The van der Waals surface area contributed by atoms with E-state index in [1.54, 1.807) is 6.20 Å². The minimum absolute atomic E-state index is 0. The second-order valence-electron chi connectivity index (χ2n) is 3.01. The molecule has 0 spiro atoms. The van der Waals surface area contributed by atoms with Crippen LogP contribution in [0.2, 0.25) is 0 Å². The van der Waals surface area contributed by atoms with E-state index in [2.05, 4.69) is 16.3 Å². The van der Waals surface area contributed by atoms with E-state index in [1.807, 2.05) is 19.1 Å². The Kier molecular flexibility index (Phi) is 2.90. The third kappa shape index (κ3) is 1.82. The Hall–Kier alpha value is -1.06. The summed E-state index contributed by atoms with van der Waals surface area (Å²) in [6.07, 6.45) is 1.81. The minimum Gasteiger partial charge on any atom is -0.324 e. The lowest BCUT2D eigenvalue weighted by Crippen LogP contribution is -2.04. The van der Waals surface area contributed by atoms with Crippen molar-refractivity contribution in [3.63, 3.8) is 0 Å². The van der Waals surface area contributed by atoms with Gasteiger partial charge in [0.1, 0.15) is 0 Å². The van der Waals surface area contributed by atoms with E-state index in [1.165, 1.54) is 0 Å². The van der Waals surface area contributed by atoms with Crippen LogP contribution in [0.4, 0.5) is 0 Å². The fraction of sp³-hybridized carbons (Fsp3) is 0.222. The van der Waals surface area contributed by atoms with Crippen molar-refractivity contribution in [2.45, 2.75) is 13.0 Å². The van der Waals surface area contributed by atoms with Crippen molar-refractivity contribution in [1.29, 1.82) is 0 Å². The number of fused-ring (bicyclic) bond motifs is 1. The van der Waals surface area contributed by atoms with Gasteiger partial charge in [0, 0.05) is 11.4 Å². The van der Waals surface area contributed by atoms with E-state index in [0.29, 0.717) is 0 Å². The number of H-pyrrole nitrogens is 1. The van der Waals surface area contributed by atoms with Gasteiger partial charge in [0.15, 0.2) is 0 Å². The number of benzene rings is 1. The number of nitrogens with one attached hydrogen (secondary N) is 1. The van der Waals surface area contributed by atoms with Crippen LogP contribution in [0, 0.1) is 0 Å². The molecule has 0 saturated carbocycles. The quantitative estimate of drug-likeness (QED) is 0.735. The maximum absolute atomic E-state index is 5.74. The molecule has 0 radical (unpaired) electrons. The largest absolute Gasteiger partial charge is 0.324 e. The molecular formula is C9H12ClN3. The molecule has 0 unspecified atom stereocenters. The Labute approximate surface area is 82.7 Å². The smallest absolute Gasteiger partial charge is 0.0650 e. The lowest BCUT2D eigenvalue weighted by atomic mass is 10.1. The van der Waals surface area contributed by atoms with Crippen molar-refractivity contribution in [1.82, 2.24) is 10.2 Å². The molecule has 1 aromatic carbocycles. The van der Waals surface area contributed by atoms with Crippen LogP contribution in [0.5, 0.6) is 0 Å². The van der Waals surface area contributed by atoms with Crippen LogP contribution in [0.3, 0.4) is 0 Å². The highest BCUT2D eigenvalue weighted by atomic mass is 35.5. The van der Waals surface area contributed by atoms with Gasteiger partial charge < -0.3 is 5.73 Å². The molecule has 0 fully saturated rings. The SMILES string of the molecule is C[C@H](N)c1ccc2[nH]ncc2c1.Cl. The Morgan fingerprint density at radius 3 is 2.92 bits per heavy atom. The summed E-state index contributed by atoms with van der Waals surface area (Å²) < 4.78 is 0. The topological polar surface area (TPSA) is 54.7 Å². The molecule has 3 nitrogen and oxygen atoms in total. The normalized spacial score (nSPS) is 12.5. The van der Waals surface area contributed by atoms with Crippen molar-refractivity contribution >= 4 is 23.3 Å². The average Bonchev–Trinajstić information content (AvgIpc) is 2.49. The van der Waals surface area contributed by atoms with E-state index in [9.17, 15) is 0 Å². The predicted octanol–water partition coefficient (Wildman–Crippen LogP) is 2.00. The molecule has 70 valence electrons. The molecule has 4 heteroatoms. The first-order valence-electron chi connectivity index (χ1n) is 3.96. The third-order valence-corrected chi connectivity index (χ3v) is 1.99. The number of rotatable bonds is 1. The molecule has 13 heavy (non-hydrogen) atoms. The predicted molar refractivity (Wildman–Crippen MR) is 55.9 cm³/mol. The summed E-state index contributed by atoms with van der Waals surface area (Å²) in [5.74, 6) is 0. The van der Waals surface area contributed by atoms with Crippen LogP contribution in [0.15, 0.2) is 24.4 Å². The minimum atomic E-state index is 0. The van der Waals surface area contributed by atoms with E-state index >= 15 is 0 Å². The zero-order chi connectivity index (χ0) is 8.55. The summed E-state index contributed by atoms with van der Waals surface area (Å²) >= 11 is 0. The molecule has 0 saturated heterocycles. The zero-order valence-electron chi connectivity index (χ0n) is 7.32. The summed E-state index contributed by atoms with van der Waals surface area (Å²) in [6.45, 7) is 1.97. The summed E-state index contributed by atoms with van der Waals surface area (Å²) in [5, 5.41) is 7.95. The van der Waals surface area contributed by atoms with E-state index < -0.39 is 0 Å². The first kappa shape index (κ1) is 10.0. The highest BCUT2D eigenvalue weighted by Gasteiger charge is 2.00. The van der Waals surface area contributed by atoms with Crippen molar-refractivity contribution in [2.24, 2.45) is 5.73 Å². The number of hydrogen-bond acceptors (Lipinski definition) is 2. The van der Waals surface area contributed by atoms with E-state index in [0.717, 1.165) is 16.5 Å². The van der Waals surface area contributed by atoms with Crippen LogP contribution in [0.1, 0.15) is 18.5 Å². The molecule has 0 aliphatic carbocycles. The van der Waals surface area contributed by atoms with Gasteiger partial charge in [-0.05, 0) is 24.6 Å². The lowest BCUT2D eigenvalue weighted by Gasteiger charge is -2.03. The molecule has 2 aromatic rings. The zero-order valence-corrected chi connectivity index (χ0v) is 8.14. The standard InChI is InChI=1S/C9H11N3.ClH/c1-6(10)7-2-3-9-8(4-7)5-11-12-9;/h2-6H,10H2,1H3,(H,11,12);1H/t6-;/m0./s1. The van der Waals surface area contributed by atoms with Gasteiger partial charge in [0.05, 0.1) is 11.7 Å². The number of nitrogens with two attached hydrogens (primary N) is 1. The molecule has 0 amide bonds. The van der Waals surface area contributed by atoms with E-state index in [4.69, 9.17) is 5.73 Å². The fourth-order valence-corrected chi connectivity index (χ4v) is 1.24. The molecule has 2 rings (SSSR count). The number of aromatic amines is 1. The number of halogens is 1. The van der Waals surface area contributed by atoms with Crippen LogP contribution in [-0.2, 0) is 0 Å². The van der Waals surface area contributed by atoms with Gasteiger partial charge in [-0.15, -0.1) is 12.4 Å². The lowest BCUT2D eigenvalue weighted by molar-refractivity contribution is 0.820. The Morgan fingerprint density at radius 1 is 1.46 bits per heavy atom. The van der Waals surface area contributed by atoms with Crippen molar-refractivity contribution in [2.75, 3.05) is 0 Å². The Balaban J connectivity index is 0.000000845. The maximum atomic E-state index is 5.74. The van der Waals surface area contributed by atoms with E-state index in [-0.39, 0.29) is 18.4 Å². The molecule has 0 aliphatic heterocycles. The molecule has 3 N–H and O–H groups in total. The molecule has 1 aromatic heterocycles. The summed E-state index contributed by atoms with van der Waals surface area (Å²) in [6, 6.07) is 6.17. The second-order valence-corrected chi connectivity index (χ2v) is 3.01. The molecule has 0 aliphatic rings. The Bertz CT molecular complexity index is 394. The molecule has 1 heterocycles. The van der Waals surface area contributed by atoms with Gasteiger partial charge in [-0.1, -0.05) is 6.07 Å². The van der Waals surface area contributed by atoms with Gasteiger partial charge >= 0.3 is 0 Å². The highest BCUT2D eigenvalue weighted by Crippen LogP contribution is 2.16. The van der Waals surface area contributed by atoms with Crippen LogP contribution >= 0.6 is 12.4 Å². The van der Waals surface area contributed by atoms with Crippen molar-refractivity contribution in [3.8, 4) is 0 Å². The molecule has 0 bridgehead atoms. The fourth-order valence-electron chi connectivity index (χ4n) is 1.24. The van der Waals surface area contributed by atoms with Gasteiger partial charge in [0.2, 0.25) is 0 Å². The highest BCUT2D eigenvalue weighted by molar-refractivity contribution is 5.85. The van der Waals surface area contributed by atoms with Crippen molar-refractivity contribution in [3.05, 3.63) is 30.0 Å². The van der Waals surface area contributed by atoms with Crippen LogP contribution in [-0.4, -0.2) is 10.2 Å². The summed E-state index contributed by atoms with van der Waals surface area (Å²) in [4.78, 5) is 0. The Morgan fingerprint density at radius 2 is 2.23 bits per heavy atom. The van der Waals surface area contributed by atoms with Gasteiger partial charge in [-0.3, -0.25) is 5.10 Å². The number of nitrogens with zero attached hydrogens (tertiary/aromatic N) is 1. The maximum Gasteiger partial charge on any atom is 0.0650 e. The average molecular weight is 198 g/mol. The number of hydrogen-bond donors (Lipinski definition) is 2. The summed E-state index contributed by atoms with van der Waals surface area (Å²) in [5.41, 5.74) is 7.94.